The molecule has 1 nitrogen and oxygen atoms in total. The zero-order valence-corrected chi connectivity index (χ0v) is 16.6. The molecule has 1 N–H and O–H groups in total. The van der Waals surface area contributed by atoms with Crippen molar-refractivity contribution < 1.29 is 106 Å². The van der Waals surface area contributed by atoms with Crippen LogP contribution in [0.3, 0.4) is 0 Å². The van der Waals surface area contributed by atoms with Crippen molar-refractivity contribution in [2.24, 2.45) is 0 Å². The third-order valence-electron chi connectivity index (χ3n) is 4.62. The van der Waals surface area contributed by atoms with Crippen LogP contribution in [0, 0.1) is 17.5 Å². The lowest BCUT2D eigenvalue weighted by molar-refractivity contribution is -0.462. The third-order valence-corrected chi connectivity index (χ3v) is 4.62. The van der Waals surface area contributed by atoms with Gasteiger partial charge in [0, 0.05) is 0 Å². The van der Waals surface area contributed by atoms with E-state index in [4.69, 9.17) is 5.11 Å². The monoisotopic (exact) mass is 634 g/mol. The van der Waals surface area contributed by atoms with Gasteiger partial charge in [-0.15, -0.1) is 0 Å². The number of benzene rings is 1. The molecule has 228 valence electrons. The molecule has 0 amide bonds. The van der Waals surface area contributed by atoms with Gasteiger partial charge in [0.2, 0.25) is 5.82 Å². The van der Waals surface area contributed by atoms with Crippen molar-refractivity contribution in [2.75, 3.05) is 0 Å². The Kier molecular flexibility index (Phi) is 7.68. The van der Waals surface area contributed by atoms with Gasteiger partial charge in [-0.05, 0) is 0 Å². The Hall–Kier alpha value is -2.59. The van der Waals surface area contributed by atoms with Crippen LogP contribution < -0.4 is 0 Å². The summed E-state index contributed by atoms with van der Waals surface area (Å²) in [6, 6.07) is 0. The summed E-state index contributed by atoms with van der Waals surface area (Å²) in [4.78, 5) is 0. The highest BCUT2D eigenvalue weighted by Crippen LogP contribution is 2.66. The van der Waals surface area contributed by atoms with E-state index in [1.54, 1.807) is 0 Å². The maximum absolute atomic E-state index is 14.1. The SMILES string of the molecule is Oc1c(F)c(F)c(F)c(C(F)(F)C(F)(F)C(F)(F)C(F)(F)C(F)(F)C(F)(F)C(F)(F)C(F)(F)F)c1C(F)(F)F. The lowest BCUT2D eigenvalue weighted by Gasteiger charge is -2.43. The first-order valence-corrected chi connectivity index (χ1v) is 8.32. The van der Waals surface area contributed by atoms with Crippen molar-refractivity contribution in [2.45, 2.75) is 53.8 Å². The lowest BCUT2D eigenvalue weighted by Crippen LogP contribution is -2.74. The molecule has 24 heteroatoms. The van der Waals surface area contributed by atoms with Crippen LogP contribution in [0.15, 0.2) is 0 Å². The molecule has 0 radical (unpaired) electrons. The van der Waals surface area contributed by atoms with Crippen LogP contribution in [0.2, 0.25) is 0 Å². The number of halogens is 23. The molecular formula is C15HF23O. The summed E-state index contributed by atoms with van der Waals surface area (Å²) in [5.41, 5.74) is -9.02. The van der Waals surface area contributed by atoms with Crippen LogP contribution in [0.1, 0.15) is 11.1 Å². The standard InChI is InChI=1S/C15HF23O/c16-3-1(2(8(21,22)23)6(39)5(18)4(3)17)7(19,20)9(24,25)10(26,27)11(28,29)12(30,31)13(32,33)14(34,35)15(36,37)38/h39H. The Morgan fingerprint density at radius 1 is 0.359 bits per heavy atom. The molecule has 0 fully saturated rings. The van der Waals surface area contributed by atoms with Gasteiger partial charge in [-0.1, -0.05) is 0 Å². The van der Waals surface area contributed by atoms with E-state index in [2.05, 4.69) is 0 Å². The number of aromatic hydroxyl groups is 1. The number of hydrogen-bond donors (Lipinski definition) is 1. The average molecular weight is 634 g/mol. The molecule has 0 saturated heterocycles. The molecule has 0 bridgehead atoms. The maximum Gasteiger partial charge on any atom is 0.460 e. The predicted octanol–water partition coefficient (Wildman–Crippen LogP) is 8.29. The van der Waals surface area contributed by atoms with Crippen LogP contribution in [0.5, 0.6) is 5.75 Å². The van der Waals surface area contributed by atoms with Crippen LogP contribution in [-0.2, 0) is 12.1 Å². The molecule has 0 aliphatic carbocycles. The summed E-state index contributed by atoms with van der Waals surface area (Å²) >= 11 is 0. The summed E-state index contributed by atoms with van der Waals surface area (Å²) < 4.78 is 304. The topological polar surface area (TPSA) is 20.2 Å². The Bertz CT molecular complexity index is 1110. The first-order chi connectivity index (χ1) is 16.6. The minimum Gasteiger partial charge on any atom is -0.504 e. The molecule has 0 aliphatic heterocycles. The molecule has 0 heterocycles. The molecular weight excluding hydrogens is 633 g/mol. The number of hydrogen-bond acceptors (Lipinski definition) is 1. The minimum absolute atomic E-state index is 3.57. The lowest BCUT2D eigenvalue weighted by atomic mass is 9.85. The van der Waals surface area contributed by atoms with Gasteiger partial charge in [0.25, 0.3) is 0 Å². The fraction of sp³-hybridized carbons (Fsp3) is 0.600. The van der Waals surface area contributed by atoms with Crippen LogP contribution in [0.4, 0.5) is 101 Å². The van der Waals surface area contributed by atoms with Crippen LogP contribution in [-0.4, -0.2) is 46.8 Å². The second-order valence-corrected chi connectivity index (χ2v) is 7.06. The van der Waals surface area contributed by atoms with Gasteiger partial charge >= 0.3 is 53.8 Å². The smallest absolute Gasteiger partial charge is 0.460 e. The summed E-state index contributed by atoms with van der Waals surface area (Å²) in [7, 11) is 0. The van der Waals surface area contributed by atoms with E-state index < -0.39 is 88.1 Å². The Morgan fingerprint density at radius 2 is 0.667 bits per heavy atom. The molecule has 1 aromatic carbocycles. The summed E-state index contributed by atoms with van der Waals surface area (Å²) in [5, 5.41) is 8.79. The Balaban J connectivity index is 4.12. The molecule has 0 spiro atoms. The maximum atomic E-state index is 14.1. The fourth-order valence-corrected chi connectivity index (χ4v) is 2.54. The first kappa shape index (κ1) is 34.4. The van der Waals surface area contributed by atoms with Gasteiger partial charge in [0.1, 0.15) is 5.56 Å². The second-order valence-electron chi connectivity index (χ2n) is 7.06. The highest BCUT2D eigenvalue weighted by molar-refractivity contribution is 5.47. The number of alkyl halides is 20. The fourth-order valence-electron chi connectivity index (χ4n) is 2.54. The van der Waals surface area contributed by atoms with Gasteiger partial charge < -0.3 is 5.11 Å². The van der Waals surface area contributed by atoms with E-state index in [0.29, 0.717) is 0 Å². The van der Waals surface area contributed by atoms with E-state index in [9.17, 15) is 101 Å². The largest absolute Gasteiger partial charge is 0.504 e. The molecule has 0 aromatic heterocycles. The van der Waals surface area contributed by atoms with Crippen molar-refractivity contribution in [3.05, 3.63) is 28.6 Å². The van der Waals surface area contributed by atoms with Crippen molar-refractivity contribution in [3.8, 4) is 5.75 Å². The number of rotatable bonds is 7. The predicted molar refractivity (Wildman–Crippen MR) is 72.6 cm³/mol. The normalized spacial score (nSPS) is 15.7. The quantitative estimate of drug-likeness (QED) is 0.237. The zero-order valence-electron chi connectivity index (χ0n) is 16.6. The van der Waals surface area contributed by atoms with Crippen LogP contribution in [0.25, 0.3) is 0 Å². The van der Waals surface area contributed by atoms with E-state index in [0.717, 1.165) is 0 Å². The van der Waals surface area contributed by atoms with Gasteiger partial charge in [0.05, 0.1) is 5.56 Å². The Morgan fingerprint density at radius 3 is 0.974 bits per heavy atom. The summed E-state index contributed by atoms with van der Waals surface area (Å²) in [6.07, 6.45) is -15.1. The average Bonchev–Trinajstić information content (AvgIpc) is 2.71. The third kappa shape index (κ3) is 4.25. The molecule has 1 aromatic rings. The van der Waals surface area contributed by atoms with E-state index in [1.165, 1.54) is 0 Å². The second kappa shape index (κ2) is 8.70. The van der Waals surface area contributed by atoms with Gasteiger partial charge in [-0.2, -0.15) is 92.2 Å². The highest BCUT2D eigenvalue weighted by atomic mass is 19.4. The van der Waals surface area contributed by atoms with E-state index in [1.807, 2.05) is 0 Å². The molecule has 0 unspecified atom stereocenters. The van der Waals surface area contributed by atoms with E-state index in [-0.39, 0.29) is 0 Å². The molecule has 39 heavy (non-hydrogen) atoms. The van der Waals surface area contributed by atoms with Gasteiger partial charge in [-0.3, -0.25) is 0 Å². The Labute approximate surface area is 195 Å². The molecule has 0 aliphatic rings. The molecule has 0 atom stereocenters. The zero-order chi connectivity index (χ0) is 32.0. The highest BCUT2D eigenvalue weighted by Gasteiger charge is 2.95. The summed E-state index contributed by atoms with van der Waals surface area (Å²) in [6.45, 7) is 0. The number of phenols is 1. The number of phenolic OH excluding ortho intramolecular Hbond substituents is 1. The van der Waals surface area contributed by atoms with Crippen molar-refractivity contribution >= 4 is 0 Å². The van der Waals surface area contributed by atoms with Crippen molar-refractivity contribution in [1.29, 1.82) is 0 Å². The van der Waals surface area contributed by atoms with Crippen molar-refractivity contribution in [3.63, 3.8) is 0 Å². The van der Waals surface area contributed by atoms with Gasteiger partial charge in [-0.25, -0.2) is 8.78 Å². The first-order valence-electron chi connectivity index (χ1n) is 8.32. The van der Waals surface area contributed by atoms with Gasteiger partial charge in [0.15, 0.2) is 17.4 Å². The van der Waals surface area contributed by atoms with Crippen LogP contribution >= 0.6 is 0 Å². The summed E-state index contributed by atoms with van der Waals surface area (Å²) in [5.74, 6) is -77.6. The van der Waals surface area contributed by atoms with Crippen molar-refractivity contribution in [1.82, 2.24) is 0 Å². The minimum atomic E-state index is -9.24. The molecule has 0 saturated carbocycles. The molecule has 1 rings (SSSR count). The van der Waals surface area contributed by atoms with E-state index >= 15 is 0 Å².